The number of aromatic nitrogens is 2. The van der Waals surface area contributed by atoms with Crippen molar-refractivity contribution in [2.75, 3.05) is 6.61 Å². The minimum atomic E-state index is -0.844. The van der Waals surface area contributed by atoms with Crippen molar-refractivity contribution in [3.63, 3.8) is 0 Å². The molecule has 5 heteroatoms. The van der Waals surface area contributed by atoms with Crippen LogP contribution < -0.4 is 4.74 Å². The van der Waals surface area contributed by atoms with Gasteiger partial charge in [-0.25, -0.2) is 8.78 Å². The van der Waals surface area contributed by atoms with Crippen LogP contribution in [0.15, 0.2) is 24.3 Å². The molecule has 2 aromatic rings. The van der Waals surface area contributed by atoms with E-state index in [0.717, 1.165) is 18.8 Å². The van der Waals surface area contributed by atoms with Crippen LogP contribution in [0, 0.1) is 23.5 Å². The van der Waals surface area contributed by atoms with E-state index in [1.807, 2.05) is 6.92 Å². The van der Waals surface area contributed by atoms with E-state index < -0.39 is 11.6 Å². The predicted molar refractivity (Wildman–Crippen MR) is 107 cm³/mol. The lowest BCUT2D eigenvalue weighted by molar-refractivity contribution is 0.258. The third-order valence-corrected chi connectivity index (χ3v) is 5.90. The fourth-order valence-electron chi connectivity index (χ4n) is 4.02. The van der Waals surface area contributed by atoms with Gasteiger partial charge in [-0.1, -0.05) is 52.0 Å². The summed E-state index contributed by atoms with van der Waals surface area (Å²) in [7, 11) is 0. The number of benzene rings is 1. The number of aryl methyl sites for hydroxylation is 1. The fourth-order valence-corrected chi connectivity index (χ4v) is 4.02. The van der Waals surface area contributed by atoms with Gasteiger partial charge in [0, 0.05) is 11.6 Å². The zero-order valence-electron chi connectivity index (χ0n) is 16.9. The number of halogens is 2. The Balaban J connectivity index is 1.64. The van der Waals surface area contributed by atoms with Gasteiger partial charge in [0.25, 0.3) is 0 Å². The molecule has 1 aromatic carbocycles. The van der Waals surface area contributed by atoms with Crippen LogP contribution in [-0.4, -0.2) is 16.8 Å². The molecule has 0 saturated heterocycles. The van der Waals surface area contributed by atoms with Crippen LogP contribution in [0.4, 0.5) is 8.78 Å². The summed E-state index contributed by atoms with van der Waals surface area (Å²) in [5, 5.41) is 7.92. The summed E-state index contributed by atoms with van der Waals surface area (Å²) in [6, 6.07) is 6.55. The summed E-state index contributed by atoms with van der Waals surface area (Å²) in [5.74, 6) is 0.272. The highest BCUT2D eigenvalue weighted by Gasteiger charge is 2.21. The summed E-state index contributed by atoms with van der Waals surface area (Å²) in [5.41, 5.74) is 0.902. The molecule has 0 spiro atoms. The van der Waals surface area contributed by atoms with Gasteiger partial charge in [0.05, 0.1) is 12.3 Å². The molecule has 3 nitrogen and oxygen atoms in total. The summed E-state index contributed by atoms with van der Waals surface area (Å²) < 4.78 is 34.6. The van der Waals surface area contributed by atoms with Crippen molar-refractivity contribution in [2.24, 2.45) is 11.8 Å². The van der Waals surface area contributed by atoms with Crippen molar-refractivity contribution in [3.05, 3.63) is 41.5 Å². The zero-order valence-corrected chi connectivity index (χ0v) is 16.9. The Kier molecular flexibility index (Phi) is 7.35. The molecular formula is C23H30F2N2O. The van der Waals surface area contributed by atoms with Crippen molar-refractivity contribution >= 4 is 0 Å². The van der Waals surface area contributed by atoms with E-state index >= 15 is 0 Å². The molecular weight excluding hydrogens is 358 g/mol. The van der Waals surface area contributed by atoms with Gasteiger partial charge in [0.2, 0.25) is 5.88 Å². The van der Waals surface area contributed by atoms with Crippen LogP contribution >= 0.6 is 0 Å². The third-order valence-electron chi connectivity index (χ3n) is 5.90. The van der Waals surface area contributed by atoms with Gasteiger partial charge in [-0.15, -0.1) is 10.2 Å². The molecule has 1 aliphatic rings. The van der Waals surface area contributed by atoms with Crippen molar-refractivity contribution in [2.45, 2.75) is 65.2 Å². The maximum atomic E-state index is 14.6. The first-order valence-electron chi connectivity index (χ1n) is 10.6. The standard InChI is InChI=1S/C23H30F2N2O/c1-3-15-28-21-14-13-20(26-27-21)19-12-11-18(22(24)23(19)25)10-9-17-7-5-16(4-2)6-8-17/h11-14,16-17H,3-10,15H2,1-2H3. The van der Waals surface area contributed by atoms with E-state index in [0.29, 0.717) is 36.1 Å². The minimum absolute atomic E-state index is 0.138. The fraction of sp³-hybridized carbons (Fsp3) is 0.565. The summed E-state index contributed by atoms with van der Waals surface area (Å²) in [4.78, 5) is 0. The van der Waals surface area contributed by atoms with Crippen LogP contribution in [0.3, 0.4) is 0 Å². The SMILES string of the molecule is CCCOc1ccc(-c2ccc(CCC3CCC(CC)CC3)c(F)c2F)nn1. The number of ether oxygens (including phenoxy) is 1. The van der Waals surface area contributed by atoms with Crippen LogP contribution in [0.25, 0.3) is 11.3 Å². The highest BCUT2D eigenvalue weighted by Crippen LogP contribution is 2.34. The monoisotopic (exact) mass is 388 g/mol. The molecule has 0 N–H and O–H groups in total. The first kappa shape index (κ1) is 20.7. The summed E-state index contributed by atoms with van der Waals surface area (Å²) in [6.45, 7) is 4.80. The lowest BCUT2D eigenvalue weighted by Gasteiger charge is -2.27. The van der Waals surface area contributed by atoms with Crippen LogP contribution in [0.2, 0.25) is 0 Å². The zero-order chi connectivity index (χ0) is 19.9. The largest absolute Gasteiger partial charge is 0.477 e. The molecule has 1 saturated carbocycles. The number of hydrogen-bond acceptors (Lipinski definition) is 3. The van der Waals surface area contributed by atoms with Gasteiger partial charge in [-0.2, -0.15) is 0 Å². The second-order valence-electron chi connectivity index (χ2n) is 7.84. The van der Waals surface area contributed by atoms with Crippen molar-refractivity contribution in [1.82, 2.24) is 10.2 Å². The molecule has 28 heavy (non-hydrogen) atoms. The van der Waals surface area contributed by atoms with Gasteiger partial charge < -0.3 is 4.74 Å². The van der Waals surface area contributed by atoms with E-state index in [2.05, 4.69) is 17.1 Å². The highest BCUT2D eigenvalue weighted by atomic mass is 19.2. The number of nitrogens with zero attached hydrogens (tertiary/aromatic N) is 2. The number of rotatable bonds is 8. The topological polar surface area (TPSA) is 35.0 Å². The molecule has 1 fully saturated rings. The average Bonchev–Trinajstić information content (AvgIpc) is 2.74. The molecule has 152 valence electrons. The Morgan fingerprint density at radius 2 is 1.68 bits per heavy atom. The Labute approximate surface area is 166 Å². The normalized spacial score (nSPS) is 19.6. The first-order chi connectivity index (χ1) is 13.6. The van der Waals surface area contributed by atoms with E-state index in [-0.39, 0.29) is 5.56 Å². The maximum absolute atomic E-state index is 14.6. The minimum Gasteiger partial charge on any atom is -0.477 e. The molecule has 1 heterocycles. The Morgan fingerprint density at radius 3 is 2.32 bits per heavy atom. The Bertz CT molecular complexity index is 756. The number of hydrogen-bond donors (Lipinski definition) is 0. The van der Waals surface area contributed by atoms with Crippen molar-refractivity contribution in [3.8, 4) is 17.1 Å². The summed E-state index contributed by atoms with van der Waals surface area (Å²) in [6.07, 6.45) is 8.59. The van der Waals surface area contributed by atoms with Crippen LogP contribution in [-0.2, 0) is 6.42 Å². The average molecular weight is 389 g/mol. The molecule has 0 amide bonds. The Morgan fingerprint density at radius 1 is 0.929 bits per heavy atom. The van der Waals surface area contributed by atoms with Gasteiger partial charge in [0.1, 0.15) is 0 Å². The first-order valence-corrected chi connectivity index (χ1v) is 10.6. The molecule has 0 aliphatic heterocycles. The summed E-state index contributed by atoms with van der Waals surface area (Å²) >= 11 is 0. The van der Waals surface area contributed by atoms with Gasteiger partial charge >= 0.3 is 0 Å². The third kappa shape index (κ3) is 5.06. The van der Waals surface area contributed by atoms with Crippen molar-refractivity contribution < 1.29 is 13.5 Å². The lowest BCUT2D eigenvalue weighted by Crippen LogP contribution is -2.14. The molecule has 0 radical (unpaired) electrons. The lowest BCUT2D eigenvalue weighted by atomic mass is 9.78. The quantitative estimate of drug-likeness (QED) is 0.528. The van der Waals surface area contributed by atoms with Gasteiger partial charge in [-0.3, -0.25) is 0 Å². The molecule has 1 aromatic heterocycles. The van der Waals surface area contributed by atoms with Crippen LogP contribution in [0.5, 0.6) is 5.88 Å². The maximum Gasteiger partial charge on any atom is 0.233 e. The van der Waals surface area contributed by atoms with Gasteiger partial charge in [0.15, 0.2) is 11.6 Å². The second kappa shape index (κ2) is 9.94. The molecule has 0 atom stereocenters. The van der Waals surface area contributed by atoms with Crippen LogP contribution in [0.1, 0.15) is 64.4 Å². The van der Waals surface area contributed by atoms with E-state index in [4.69, 9.17) is 4.74 Å². The van der Waals surface area contributed by atoms with Gasteiger partial charge in [-0.05, 0) is 48.8 Å². The van der Waals surface area contributed by atoms with E-state index in [1.54, 1.807) is 24.3 Å². The van der Waals surface area contributed by atoms with E-state index in [1.165, 1.54) is 32.1 Å². The molecule has 0 bridgehead atoms. The molecule has 3 rings (SSSR count). The smallest absolute Gasteiger partial charge is 0.233 e. The predicted octanol–water partition coefficient (Wildman–Crippen LogP) is 6.36. The second-order valence-corrected chi connectivity index (χ2v) is 7.84. The Hall–Kier alpha value is -2.04. The van der Waals surface area contributed by atoms with Crippen molar-refractivity contribution in [1.29, 1.82) is 0 Å². The van der Waals surface area contributed by atoms with E-state index in [9.17, 15) is 8.78 Å². The highest BCUT2D eigenvalue weighted by molar-refractivity contribution is 5.60. The molecule has 1 aliphatic carbocycles. The molecule has 0 unspecified atom stereocenters.